The van der Waals surface area contributed by atoms with Crippen LogP contribution in [0.1, 0.15) is 64.2 Å². The summed E-state index contributed by atoms with van der Waals surface area (Å²) in [5.41, 5.74) is 0. The molecule has 2 aliphatic rings. The van der Waals surface area contributed by atoms with Crippen LogP contribution in [0.2, 0.25) is 0 Å². The second-order valence-electron chi connectivity index (χ2n) is 7.71. The van der Waals surface area contributed by atoms with E-state index in [0.717, 1.165) is 39.0 Å². The van der Waals surface area contributed by atoms with Crippen molar-refractivity contribution in [1.29, 1.82) is 0 Å². The van der Waals surface area contributed by atoms with E-state index < -0.39 is 0 Å². The minimum absolute atomic E-state index is 0.203. The van der Waals surface area contributed by atoms with Crippen LogP contribution in [0.15, 0.2) is 0 Å². The number of hydrogen-bond donors (Lipinski definition) is 2. The van der Waals surface area contributed by atoms with Crippen LogP contribution in [-0.4, -0.2) is 74.0 Å². The highest BCUT2D eigenvalue weighted by atomic mass is 16.2. The lowest BCUT2D eigenvalue weighted by molar-refractivity contribution is -0.122. The summed E-state index contributed by atoms with van der Waals surface area (Å²) < 4.78 is 0. The number of amides is 2. The standard InChI is InChI=1S/C20H38N4O2/c25-19(9-13-23-15-16-23)21-11-7-5-3-1-2-4-6-8-12-22-20(26)10-14-24-17-18-24/h1-18H2,(H,21,25)(H,22,26). The van der Waals surface area contributed by atoms with E-state index in [1.54, 1.807) is 0 Å². The summed E-state index contributed by atoms with van der Waals surface area (Å²) in [6.07, 6.45) is 11.0. The van der Waals surface area contributed by atoms with Gasteiger partial charge in [-0.2, -0.15) is 0 Å². The van der Waals surface area contributed by atoms with Crippen molar-refractivity contribution >= 4 is 11.8 Å². The van der Waals surface area contributed by atoms with Gasteiger partial charge in [0.05, 0.1) is 0 Å². The van der Waals surface area contributed by atoms with Crippen LogP contribution >= 0.6 is 0 Å². The van der Waals surface area contributed by atoms with Gasteiger partial charge < -0.3 is 20.4 Å². The van der Waals surface area contributed by atoms with E-state index in [-0.39, 0.29) is 11.8 Å². The predicted octanol–water partition coefficient (Wildman–Crippen LogP) is 1.75. The fraction of sp³-hybridized carbons (Fsp3) is 0.900. The second-order valence-corrected chi connectivity index (χ2v) is 7.71. The lowest BCUT2D eigenvalue weighted by Gasteiger charge is -2.06. The minimum atomic E-state index is 0.203. The smallest absolute Gasteiger partial charge is 0.221 e. The Bertz CT molecular complexity index is 371. The van der Waals surface area contributed by atoms with Gasteiger partial charge in [0.2, 0.25) is 11.8 Å². The molecule has 2 rings (SSSR count). The molecular weight excluding hydrogens is 328 g/mol. The Balaban J connectivity index is 1.23. The van der Waals surface area contributed by atoms with Gasteiger partial charge >= 0.3 is 0 Å². The molecule has 2 aliphatic heterocycles. The molecule has 26 heavy (non-hydrogen) atoms. The fourth-order valence-electron chi connectivity index (χ4n) is 3.05. The molecule has 0 radical (unpaired) electrons. The van der Waals surface area contributed by atoms with Crippen molar-refractivity contribution in [2.24, 2.45) is 0 Å². The normalized spacial score (nSPS) is 16.5. The number of nitrogens with one attached hydrogen (secondary N) is 2. The molecule has 0 atom stereocenters. The number of carbonyl (C=O) groups excluding carboxylic acids is 2. The van der Waals surface area contributed by atoms with E-state index in [9.17, 15) is 9.59 Å². The number of carbonyl (C=O) groups is 2. The van der Waals surface area contributed by atoms with Crippen LogP contribution < -0.4 is 10.6 Å². The van der Waals surface area contributed by atoms with Crippen molar-refractivity contribution in [2.45, 2.75) is 64.2 Å². The molecule has 0 saturated carbocycles. The van der Waals surface area contributed by atoms with Gasteiger partial charge in [-0.05, 0) is 12.8 Å². The van der Waals surface area contributed by atoms with Gasteiger partial charge in [0.25, 0.3) is 0 Å². The van der Waals surface area contributed by atoms with E-state index in [2.05, 4.69) is 20.4 Å². The Morgan fingerprint density at radius 1 is 0.577 bits per heavy atom. The highest BCUT2D eigenvalue weighted by Crippen LogP contribution is 2.08. The molecule has 0 aromatic carbocycles. The van der Waals surface area contributed by atoms with Crippen LogP contribution in [-0.2, 0) is 9.59 Å². The Morgan fingerprint density at radius 2 is 0.923 bits per heavy atom. The molecule has 2 amide bonds. The molecule has 0 spiro atoms. The van der Waals surface area contributed by atoms with E-state index >= 15 is 0 Å². The number of nitrogens with zero attached hydrogens (tertiary/aromatic N) is 2. The average molecular weight is 367 g/mol. The molecule has 2 saturated heterocycles. The van der Waals surface area contributed by atoms with Crippen molar-refractivity contribution in [3.8, 4) is 0 Å². The molecule has 0 aromatic rings. The van der Waals surface area contributed by atoms with Crippen molar-refractivity contribution in [3.63, 3.8) is 0 Å². The topological polar surface area (TPSA) is 64.2 Å². The Morgan fingerprint density at radius 3 is 1.27 bits per heavy atom. The van der Waals surface area contributed by atoms with Crippen molar-refractivity contribution in [3.05, 3.63) is 0 Å². The first-order valence-electron chi connectivity index (χ1n) is 10.7. The van der Waals surface area contributed by atoms with Crippen molar-refractivity contribution < 1.29 is 9.59 Å². The molecule has 0 unspecified atom stereocenters. The quantitative estimate of drug-likeness (QED) is 0.304. The number of unbranched alkanes of at least 4 members (excludes halogenated alkanes) is 7. The lowest BCUT2D eigenvalue weighted by Crippen LogP contribution is -2.26. The molecule has 6 heteroatoms. The van der Waals surface area contributed by atoms with Gasteiger partial charge in [-0.1, -0.05) is 38.5 Å². The largest absolute Gasteiger partial charge is 0.356 e. The van der Waals surface area contributed by atoms with Gasteiger partial charge in [-0.3, -0.25) is 9.59 Å². The first-order valence-corrected chi connectivity index (χ1v) is 10.7. The summed E-state index contributed by atoms with van der Waals surface area (Å²) in [6.45, 7) is 8.18. The zero-order valence-corrected chi connectivity index (χ0v) is 16.4. The van der Waals surface area contributed by atoms with Crippen LogP contribution in [0.3, 0.4) is 0 Å². The molecule has 2 N–H and O–H groups in total. The van der Waals surface area contributed by atoms with Gasteiger partial charge in [-0.25, -0.2) is 0 Å². The summed E-state index contributed by atoms with van der Waals surface area (Å²) in [6, 6.07) is 0. The number of hydrogen-bond acceptors (Lipinski definition) is 4. The zero-order chi connectivity index (χ0) is 18.5. The SMILES string of the molecule is O=C(CCN1CC1)NCCCCCCCCCCNC(=O)CCN1CC1. The second kappa shape index (κ2) is 13.1. The number of rotatable bonds is 17. The van der Waals surface area contributed by atoms with Crippen molar-refractivity contribution in [1.82, 2.24) is 20.4 Å². The molecule has 0 aromatic heterocycles. The first-order chi connectivity index (χ1) is 12.7. The molecule has 150 valence electrons. The highest BCUT2D eigenvalue weighted by Gasteiger charge is 2.18. The van der Waals surface area contributed by atoms with Crippen LogP contribution in [0.4, 0.5) is 0 Å². The maximum absolute atomic E-state index is 11.6. The van der Waals surface area contributed by atoms with Gasteiger partial charge in [-0.15, -0.1) is 0 Å². The molecule has 6 nitrogen and oxygen atoms in total. The Labute approximate surface area is 159 Å². The van der Waals surface area contributed by atoms with Crippen molar-refractivity contribution in [2.75, 3.05) is 52.4 Å². The van der Waals surface area contributed by atoms with Crippen LogP contribution in [0.5, 0.6) is 0 Å². The van der Waals surface area contributed by atoms with E-state index in [1.165, 1.54) is 64.7 Å². The lowest BCUT2D eigenvalue weighted by atomic mass is 10.1. The van der Waals surface area contributed by atoms with Crippen LogP contribution in [0, 0.1) is 0 Å². The van der Waals surface area contributed by atoms with Gasteiger partial charge in [0, 0.05) is 65.2 Å². The zero-order valence-electron chi connectivity index (χ0n) is 16.4. The van der Waals surface area contributed by atoms with Gasteiger partial charge in [0.15, 0.2) is 0 Å². The van der Waals surface area contributed by atoms with Crippen LogP contribution in [0.25, 0.3) is 0 Å². The third-order valence-corrected chi connectivity index (χ3v) is 5.14. The monoisotopic (exact) mass is 366 g/mol. The third kappa shape index (κ3) is 12.3. The van der Waals surface area contributed by atoms with E-state index in [4.69, 9.17) is 0 Å². The Hall–Kier alpha value is -1.14. The summed E-state index contributed by atoms with van der Waals surface area (Å²) in [5.74, 6) is 0.406. The Kier molecular flexibility index (Phi) is 10.7. The third-order valence-electron chi connectivity index (χ3n) is 5.14. The molecule has 0 aliphatic carbocycles. The van der Waals surface area contributed by atoms with E-state index in [0.29, 0.717) is 12.8 Å². The summed E-state index contributed by atoms with van der Waals surface area (Å²) in [5, 5.41) is 6.03. The molecule has 2 fully saturated rings. The first kappa shape index (κ1) is 21.2. The highest BCUT2D eigenvalue weighted by molar-refractivity contribution is 5.76. The van der Waals surface area contributed by atoms with E-state index in [1.807, 2.05) is 0 Å². The summed E-state index contributed by atoms with van der Waals surface area (Å²) in [4.78, 5) is 27.7. The maximum Gasteiger partial charge on any atom is 0.221 e. The average Bonchev–Trinajstić information content (AvgIpc) is 3.53. The summed E-state index contributed by atoms with van der Waals surface area (Å²) >= 11 is 0. The van der Waals surface area contributed by atoms with Gasteiger partial charge in [0.1, 0.15) is 0 Å². The fourth-order valence-corrected chi connectivity index (χ4v) is 3.05. The molecular formula is C20H38N4O2. The maximum atomic E-state index is 11.6. The summed E-state index contributed by atoms with van der Waals surface area (Å²) in [7, 11) is 0. The molecule has 2 heterocycles. The molecule has 0 bridgehead atoms. The minimum Gasteiger partial charge on any atom is -0.356 e. The predicted molar refractivity (Wildman–Crippen MR) is 105 cm³/mol.